The molecule has 128 valence electrons. The van der Waals surface area contributed by atoms with E-state index in [4.69, 9.17) is 4.74 Å². The number of nitrogens with one attached hydrogen (secondary N) is 1. The van der Waals surface area contributed by atoms with Gasteiger partial charge in [-0.2, -0.15) is 5.26 Å². The van der Waals surface area contributed by atoms with Crippen molar-refractivity contribution in [3.63, 3.8) is 0 Å². The van der Waals surface area contributed by atoms with Gasteiger partial charge in [0, 0.05) is 17.0 Å². The predicted octanol–water partition coefficient (Wildman–Crippen LogP) is 3.42. The third kappa shape index (κ3) is 3.78. The number of nitriles is 1. The molecule has 1 aliphatic carbocycles. The van der Waals surface area contributed by atoms with Crippen LogP contribution in [0.2, 0.25) is 0 Å². The number of rotatable bonds is 5. The fraction of sp³-hybridized carbons (Fsp3) is 0.294. The summed E-state index contributed by atoms with van der Waals surface area (Å²) in [5.74, 6) is 0.000167. The molecule has 1 N–H and O–H groups in total. The number of amides is 1. The lowest BCUT2D eigenvalue weighted by molar-refractivity contribution is -0.384. The number of non-ortho nitro benzene ring substituents is 1. The quantitative estimate of drug-likeness (QED) is 0.652. The van der Waals surface area contributed by atoms with E-state index in [0.717, 1.165) is 31.2 Å². The van der Waals surface area contributed by atoms with E-state index < -0.39 is 4.92 Å². The van der Waals surface area contributed by atoms with Gasteiger partial charge in [-0.1, -0.05) is 0 Å². The second-order valence-electron chi connectivity index (χ2n) is 5.61. The zero-order valence-electron chi connectivity index (χ0n) is 13.3. The Hall–Kier alpha value is -2.92. The maximum absolute atomic E-state index is 12.1. The standard InChI is InChI=1S/C17H15N3O4S/c18-9-14-13-3-1-2-4-15(13)25-17(14)19-16(21)10-24-12-7-5-11(6-8-12)20(22)23/h5-8H,1-4,10H2,(H,19,21). The van der Waals surface area contributed by atoms with Gasteiger partial charge in [0.1, 0.15) is 16.8 Å². The van der Waals surface area contributed by atoms with Gasteiger partial charge in [0.2, 0.25) is 0 Å². The van der Waals surface area contributed by atoms with Gasteiger partial charge in [-0.3, -0.25) is 14.9 Å². The minimum atomic E-state index is -0.502. The molecule has 25 heavy (non-hydrogen) atoms. The molecule has 0 radical (unpaired) electrons. The minimum absolute atomic E-state index is 0.0420. The van der Waals surface area contributed by atoms with Crippen LogP contribution in [0.3, 0.4) is 0 Å². The highest BCUT2D eigenvalue weighted by molar-refractivity contribution is 7.16. The number of fused-ring (bicyclic) bond motifs is 1. The van der Waals surface area contributed by atoms with Gasteiger partial charge in [0.05, 0.1) is 10.5 Å². The molecule has 3 rings (SSSR count). The van der Waals surface area contributed by atoms with Gasteiger partial charge in [-0.15, -0.1) is 11.3 Å². The Bertz CT molecular complexity index is 852. The number of hydrogen-bond acceptors (Lipinski definition) is 6. The molecule has 0 fully saturated rings. The normalized spacial score (nSPS) is 12.8. The summed E-state index contributed by atoms with van der Waals surface area (Å²) in [4.78, 5) is 23.4. The van der Waals surface area contributed by atoms with E-state index in [0.29, 0.717) is 16.3 Å². The Morgan fingerprint density at radius 2 is 2.04 bits per heavy atom. The number of hydrogen-bond donors (Lipinski definition) is 1. The highest BCUT2D eigenvalue weighted by atomic mass is 32.1. The third-order valence-electron chi connectivity index (χ3n) is 3.95. The number of nitrogens with zero attached hydrogens (tertiary/aromatic N) is 2. The average Bonchev–Trinajstić information content (AvgIpc) is 2.97. The number of thiophene rings is 1. The Morgan fingerprint density at radius 1 is 1.32 bits per heavy atom. The van der Waals surface area contributed by atoms with E-state index in [9.17, 15) is 20.2 Å². The van der Waals surface area contributed by atoms with Crippen molar-refractivity contribution in [2.75, 3.05) is 11.9 Å². The van der Waals surface area contributed by atoms with Crippen LogP contribution >= 0.6 is 11.3 Å². The molecule has 1 aromatic carbocycles. The number of carbonyl (C=O) groups excluding carboxylic acids is 1. The van der Waals surface area contributed by atoms with E-state index in [-0.39, 0.29) is 18.2 Å². The number of ether oxygens (including phenoxy) is 1. The lowest BCUT2D eigenvalue weighted by Crippen LogP contribution is -2.20. The SMILES string of the molecule is N#Cc1c(NC(=O)COc2ccc([N+](=O)[O-])cc2)sc2c1CCCC2. The van der Waals surface area contributed by atoms with E-state index >= 15 is 0 Å². The summed E-state index contributed by atoms with van der Waals surface area (Å²) in [7, 11) is 0. The average molecular weight is 357 g/mol. The lowest BCUT2D eigenvalue weighted by atomic mass is 9.96. The molecule has 8 heteroatoms. The van der Waals surface area contributed by atoms with E-state index in [2.05, 4.69) is 11.4 Å². The van der Waals surface area contributed by atoms with Crippen LogP contribution in [0.25, 0.3) is 0 Å². The summed E-state index contributed by atoms with van der Waals surface area (Å²) >= 11 is 1.46. The van der Waals surface area contributed by atoms with Crippen molar-refractivity contribution in [3.8, 4) is 11.8 Å². The molecular formula is C17H15N3O4S. The molecule has 1 aromatic heterocycles. The fourth-order valence-electron chi connectivity index (χ4n) is 2.75. The highest BCUT2D eigenvalue weighted by Gasteiger charge is 2.21. The first-order chi connectivity index (χ1) is 12.1. The summed E-state index contributed by atoms with van der Waals surface area (Å²) < 4.78 is 5.34. The lowest BCUT2D eigenvalue weighted by Gasteiger charge is -2.09. The van der Waals surface area contributed by atoms with E-state index in [1.807, 2.05) is 0 Å². The largest absolute Gasteiger partial charge is 0.484 e. The Morgan fingerprint density at radius 3 is 2.72 bits per heavy atom. The number of nitro groups is 1. The number of anilines is 1. The molecule has 1 amide bonds. The van der Waals surface area contributed by atoms with Crippen LogP contribution in [0.4, 0.5) is 10.7 Å². The van der Waals surface area contributed by atoms with Crippen molar-refractivity contribution < 1.29 is 14.5 Å². The predicted molar refractivity (Wildman–Crippen MR) is 92.9 cm³/mol. The summed E-state index contributed by atoms with van der Waals surface area (Å²) in [6.07, 6.45) is 4.00. The minimum Gasteiger partial charge on any atom is -0.484 e. The first-order valence-electron chi connectivity index (χ1n) is 7.80. The van der Waals surface area contributed by atoms with Crippen LogP contribution in [0.5, 0.6) is 5.75 Å². The van der Waals surface area contributed by atoms with Crippen LogP contribution in [0.1, 0.15) is 28.8 Å². The highest BCUT2D eigenvalue weighted by Crippen LogP contribution is 2.37. The van der Waals surface area contributed by atoms with E-state index in [1.165, 1.54) is 40.5 Å². The first-order valence-corrected chi connectivity index (χ1v) is 8.62. The van der Waals surface area contributed by atoms with Gasteiger partial charge in [-0.25, -0.2) is 0 Å². The Balaban J connectivity index is 1.62. The van der Waals surface area contributed by atoms with Crippen molar-refractivity contribution in [3.05, 3.63) is 50.4 Å². The molecule has 0 aliphatic heterocycles. The Labute approximate surface area is 148 Å². The van der Waals surface area contributed by atoms with Gasteiger partial charge in [0.15, 0.2) is 6.61 Å². The summed E-state index contributed by atoms with van der Waals surface area (Å²) in [6.45, 7) is -0.231. The van der Waals surface area contributed by atoms with Crippen LogP contribution in [0, 0.1) is 21.4 Å². The molecule has 0 bridgehead atoms. The van der Waals surface area contributed by atoms with Crippen molar-refractivity contribution in [1.29, 1.82) is 5.26 Å². The summed E-state index contributed by atoms with van der Waals surface area (Å²) in [6, 6.07) is 7.70. The molecule has 0 atom stereocenters. The summed E-state index contributed by atoms with van der Waals surface area (Å²) in [5.41, 5.74) is 1.58. The number of aryl methyl sites for hydroxylation is 1. The molecular weight excluding hydrogens is 342 g/mol. The number of carbonyl (C=O) groups is 1. The number of nitro benzene ring substituents is 1. The second kappa shape index (κ2) is 7.32. The van der Waals surface area contributed by atoms with Crippen molar-refractivity contribution in [2.45, 2.75) is 25.7 Å². The van der Waals surface area contributed by atoms with Gasteiger partial charge in [-0.05, 0) is 43.4 Å². The Kier molecular flexibility index (Phi) is 4.95. The molecule has 1 heterocycles. The molecule has 0 saturated carbocycles. The van der Waals surface area contributed by atoms with Gasteiger partial charge >= 0.3 is 0 Å². The zero-order valence-corrected chi connectivity index (χ0v) is 14.1. The zero-order chi connectivity index (χ0) is 17.8. The third-order valence-corrected chi connectivity index (χ3v) is 5.16. The molecule has 2 aromatic rings. The molecule has 1 aliphatic rings. The van der Waals surface area contributed by atoms with Crippen LogP contribution < -0.4 is 10.1 Å². The van der Waals surface area contributed by atoms with Crippen LogP contribution in [-0.4, -0.2) is 17.4 Å². The molecule has 7 nitrogen and oxygen atoms in total. The monoisotopic (exact) mass is 357 g/mol. The smallest absolute Gasteiger partial charge is 0.269 e. The molecule has 0 saturated heterocycles. The summed E-state index contributed by atoms with van der Waals surface area (Å²) in [5, 5.41) is 23.3. The van der Waals surface area contributed by atoms with Crippen molar-refractivity contribution in [1.82, 2.24) is 0 Å². The molecule has 0 spiro atoms. The van der Waals surface area contributed by atoms with E-state index in [1.54, 1.807) is 0 Å². The van der Waals surface area contributed by atoms with Crippen molar-refractivity contribution >= 4 is 27.9 Å². The van der Waals surface area contributed by atoms with Gasteiger partial charge < -0.3 is 10.1 Å². The first kappa shape index (κ1) is 16.9. The molecule has 0 unspecified atom stereocenters. The maximum Gasteiger partial charge on any atom is 0.269 e. The maximum atomic E-state index is 12.1. The topological polar surface area (TPSA) is 105 Å². The van der Waals surface area contributed by atoms with Crippen LogP contribution in [-0.2, 0) is 17.6 Å². The van der Waals surface area contributed by atoms with Crippen molar-refractivity contribution in [2.24, 2.45) is 0 Å². The fourth-order valence-corrected chi connectivity index (χ4v) is 4.00. The number of benzene rings is 1. The second-order valence-corrected chi connectivity index (χ2v) is 6.72. The van der Waals surface area contributed by atoms with Gasteiger partial charge in [0.25, 0.3) is 11.6 Å². The van der Waals surface area contributed by atoms with Crippen LogP contribution in [0.15, 0.2) is 24.3 Å².